The molecule has 0 saturated carbocycles. The minimum absolute atomic E-state index is 0.00515. The summed E-state index contributed by atoms with van der Waals surface area (Å²) in [5, 5.41) is 9.25. The standard InChI is InChI=1S/C19H16F2N2O4S/c1-27-12-4-2-11(3-5-12)23(16(24)8-9-17(25)26)10-15-22-14-7-6-13(20)18(21)19(14)28-15/h2-7H,8-10H2,1H3,(H,25,26). The predicted molar refractivity (Wildman–Crippen MR) is 101 cm³/mol. The van der Waals surface area contributed by atoms with Gasteiger partial charge in [0.05, 0.1) is 30.3 Å². The Labute approximate surface area is 163 Å². The average molecular weight is 406 g/mol. The quantitative estimate of drug-likeness (QED) is 0.642. The maximum Gasteiger partial charge on any atom is 0.303 e. The van der Waals surface area contributed by atoms with Crippen molar-refractivity contribution in [1.29, 1.82) is 0 Å². The van der Waals surface area contributed by atoms with E-state index >= 15 is 0 Å². The number of nitrogens with zero attached hydrogens (tertiary/aromatic N) is 2. The van der Waals surface area contributed by atoms with Gasteiger partial charge >= 0.3 is 5.97 Å². The molecule has 0 saturated heterocycles. The van der Waals surface area contributed by atoms with Gasteiger partial charge in [-0.2, -0.15) is 0 Å². The van der Waals surface area contributed by atoms with Crippen LogP contribution in [0.4, 0.5) is 14.5 Å². The number of thiazole rings is 1. The lowest BCUT2D eigenvalue weighted by atomic mass is 10.2. The molecular weight excluding hydrogens is 390 g/mol. The molecule has 1 N–H and O–H groups in total. The highest BCUT2D eigenvalue weighted by atomic mass is 32.1. The number of carboxylic acids is 1. The van der Waals surface area contributed by atoms with Crippen LogP contribution in [0.2, 0.25) is 0 Å². The molecule has 0 fully saturated rings. The van der Waals surface area contributed by atoms with Gasteiger partial charge in [-0.1, -0.05) is 0 Å². The summed E-state index contributed by atoms with van der Waals surface area (Å²) in [6.45, 7) is 0.00515. The van der Waals surface area contributed by atoms with Crippen LogP contribution in [-0.2, 0) is 16.1 Å². The summed E-state index contributed by atoms with van der Waals surface area (Å²) in [5.74, 6) is -2.85. The number of methoxy groups -OCH3 is 1. The first kappa shape index (κ1) is 19.7. The fraction of sp³-hybridized carbons (Fsp3) is 0.211. The number of carbonyl (C=O) groups is 2. The molecule has 0 aliphatic carbocycles. The number of fused-ring (bicyclic) bond motifs is 1. The number of ether oxygens (including phenoxy) is 1. The summed E-state index contributed by atoms with van der Waals surface area (Å²) in [6.07, 6.45) is -0.513. The van der Waals surface area contributed by atoms with E-state index in [1.807, 2.05) is 0 Å². The molecule has 0 bridgehead atoms. The molecule has 1 heterocycles. The van der Waals surface area contributed by atoms with Gasteiger partial charge < -0.3 is 14.7 Å². The van der Waals surface area contributed by atoms with E-state index in [1.54, 1.807) is 24.3 Å². The monoisotopic (exact) mass is 406 g/mol. The Kier molecular flexibility index (Phi) is 5.84. The average Bonchev–Trinajstić information content (AvgIpc) is 3.11. The molecule has 28 heavy (non-hydrogen) atoms. The van der Waals surface area contributed by atoms with Crippen LogP contribution < -0.4 is 9.64 Å². The lowest BCUT2D eigenvalue weighted by Gasteiger charge is -2.22. The zero-order valence-electron chi connectivity index (χ0n) is 14.8. The highest BCUT2D eigenvalue weighted by Gasteiger charge is 2.20. The zero-order chi connectivity index (χ0) is 20.3. The van der Waals surface area contributed by atoms with Gasteiger partial charge in [0.15, 0.2) is 11.6 Å². The van der Waals surface area contributed by atoms with Crippen LogP contribution in [0.15, 0.2) is 36.4 Å². The lowest BCUT2D eigenvalue weighted by molar-refractivity contribution is -0.138. The number of benzene rings is 2. The number of carboxylic acid groups (broad SMARTS) is 1. The van der Waals surface area contributed by atoms with Crippen LogP contribution in [0.25, 0.3) is 10.2 Å². The number of halogens is 2. The van der Waals surface area contributed by atoms with E-state index in [-0.39, 0.29) is 24.1 Å². The van der Waals surface area contributed by atoms with Crippen LogP contribution in [-0.4, -0.2) is 29.1 Å². The number of hydrogen-bond donors (Lipinski definition) is 1. The second-order valence-electron chi connectivity index (χ2n) is 5.89. The molecule has 0 unspecified atom stereocenters. The number of amides is 1. The van der Waals surface area contributed by atoms with Crippen molar-refractivity contribution in [2.75, 3.05) is 12.0 Å². The largest absolute Gasteiger partial charge is 0.497 e. The van der Waals surface area contributed by atoms with E-state index in [4.69, 9.17) is 9.84 Å². The number of aliphatic carboxylic acids is 1. The number of rotatable bonds is 7. The maximum absolute atomic E-state index is 14.0. The van der Waals surface area contributed by atoms with Gasteiger partial charge in [-0.25, -0.2) is 13.8 Å². The van der Waals surface area contributed by atoms with Crippen molar-refractivity contribution in [3.05, 3.63) is 53.0 Å². The normalized spacial score (nSPS) is 10.8. The number of hydrogen-bond acceptors (Lipinski definition) is 5. The van der Waals surface area contributed by atoms with Gasteiger partial charge in [-0.3, -0.25) is 9.59 Å². The Morgan fingerprint density at radius 1 is 1.14 bits per heavy atom. The molecule has 1 amide bonds. The van der Waals surface area contributed by atoms with E-state index < -0.39 is 23.5 Å². The first-order chi connectivity index (χ1) is 13.4. The molecule has 1 aromatic heterocycles. The molecule has 0 aliphatic heterocycles. The first-order valence-corrected chi connectivity index (χ1v) is 9.10. The van der Waals surface area contributed by atoms with Crippen LogP contribution in [0.3, 0.4) is 0 Å². The summed E-state index contributed by atoms with van der Waals surface area (Å²) in [6, 6.07) is 9.02. The van der Waals surface area contributed by atoms with Crippen LogP contribution >= 0.6 is 11.3 Å². The molecule has 0 spiro atoms. The molecule has 3 rings (SSSR count). The molecular formula is C19H16F2N2O4S. The van der Waals surface area contributed by atoms with E-state index in [0.717, 1.165) is 17.4 Å². The maximum atomic E-state index is 14.0. The molecule has 3 aromatic rings. The van der Waals surface area contributed by atoms with Crippen LogP contribution in [0.5, 0.6) is 5.75 Å². The van der Waals surface area contributed by atoms with Crippen LogP contribution in [0, 0.1) is 11.6 Å². The third-order valence-electron chi connectivity index (χ3n) is 4.03. The van der Waals surface area contributed by atoms with Gasteiger partial charge in [-0.05, 0) is 36.4 Å². The van der Waals surface area contributed by atoms with Gasteiger partial charge in [0, 0.05) is 12.1 Å². The number of anilines is 1. The Hall–Kier alpha value is -3.07. The Morgan fingerprint density at radius 3 is 2.50 bits per heavy atom. The molecule has 9 heteroatoms. The van der Waals surface area contributed by atoms with Crippen molar-refractivity contribution in [2.24, 2.45) is 0 Å². The number of aromatic nitrogens is 1. The first-order valence-electron chi connectivity index (χ1n) is 8.28. The smallest absolute Gasteiger partial charge is 0.303 e. The van der Waals surface area contributed by atoms with Gasteiger partial charge in [0.1, 0.15) is 10.8 Å². The van der Waals surface area contributed by atoms with Crippen molar-refractivity contribution in [3.8, 4) is 5.75 Å². The van der Waals surface area contributed by atoms with Gasteiger partial charge in [0.2, 0.25) is 5.91 Å². The van der Waals surface area contributed by atoms with Crippen molar-refractivity contribution in [3.63, 3.8) is 0 Å². The predicted octanol–water partition coefficient (Wildman–Crippen LogP) is 3.98. The number of carbonyl (C=O) groups excluding carboxylic acids is 1. The minimum Gasteiger partial charge on any atom is -0.497 e. The Balaban J connectivity index is 1.92. The Morgan fingerprint density at radius 2 is 1.86 bits per heavy atom. The lowest BCUT2D eigenvalue weighted by Crippen LogP contribution is -2.30. The van der Waals surface area contributed by atoms with E-state index in [0.29, 0.717) is 22.0 Å². The van der Waals surface area contributed by atoms with Gasteiger partial charge in [-0.15, -0.1) is 11.3 Å². The van der Waals surface area contributed by atoms with Crippen molar-refractivity contribution in [2.45, 2.75) is 19.4 Å². The van der Waals surface area contributed by atoms with E-state index in [9.17, 15) is 18.4 Å². The molecule has 0 atom stereocenters. The van der Waals surface area contributed by atoms with E-state index in [1.165, 1.54) is 18.1 Å². The summed E-state index contributed by atoms with van der Waals surface area (Å²) >= 11 is 0.949. The SMILES string of the molecule is COc1ccc(N(Cc2nc3ccc(F)c(F)c3s2)C(=O)CCC(=O)O)cc1. The molecule has 0 radical (unpaired) electrons. The highest BCUT2D eigenvalue weighted by molar-refractivity contribution is 7.18. The Bertz CT molecular complexity index is 1020. The highest BCUT2D eigenvalue weighted by Crippen LogP contribution is 2.29. The second kappa shape index (κ2) is 8.30. The fourth-order valence-corrected chi connectivity index (χ4v) is 3.60. The summed E-state index contributed by atoms with van der Waals surface area (Å²) in [4.78, 5) is 29.1. The fourth-order valence-electron chi connectivity index (χ4n) is 2.62. The van der Waals surface area contributed by atoms with Gasteiger partial charge in [0.25, 0.3) is 0 Å². The summed E-state index contributed by atoms with van der Waals surface area (Å²) < 4.78 is 32.6. The molecule has 2 aromatic carbocycles. The molecule has 6 nitrogen and oxygen atoms in total. The minimum atomic E-state index is -1.08. The second-order valence-corrected chi connectivity index (χ2v) is 6.97. The third kappa shape index (κ3) is 4.25. The summed E-state index contributed by atoms with van der Waals surface area (Å²) in [5.41, 5.74) is 0.814. The molecule has 146 valence electrons. The van der Waals surface area contributed by atoms with Crippen molar-refractivity contribution in [1.82, 2.24) is 4.98 Å². The molecule has 0 aliphatic rings. The van der Waals surface area contributed by atoms with Crippen molar-refractivity contribution >= 4 is 39.1 Å². The zero-order valence-corrected chi connectivity index (χ0v) is 15.6. The van der Waals surface area contributed by atoms with Crippen molar-refractivity contribution < 1.29 is 28.2 Å². The summed E-state index contributed by atoms with van der Waals surface area (Å²) in [7, 11) is 1.51. The van der Waals surface area contributed by atoms with E-state index in [2.05, 4.69) is 4.98 Å². The van der Waals surface area contributed by atoms with Crippen LogP contribution in [0.1, 0.15) is 17.8 Å². The topological polar surface area (TPSA) is 79.7 Å². The third-order valence-corrected chi connectivity index (χ3v) is 5.07.